The molecule has 66 valence electrons. The molecule has 0 aliphatic rings. The van der Waals surface area contributed by atoms with Gasteiger partial charge >= 0.3 is 0 Å². The molecule has 0 aliphatic carbocycles. The van der Waals surface area contributed by atoms with Gasteiger partial charge in [0.05, 0.1) is 11.6 Å². The summed E-state index contributed by atoms with van der Waals surface area (Å²) in [4.78, 5) is 12.4. The van der Waals surface area contributed by atoms with Gasteiger partial charge < -0.3 is 9.46 Å². The van der Waals surface area contributed by atoms with Crippen molar-refractivity contribution in [1.82, 2.24) is 4.90 Å². The van der Waals surface area contributed by atoms with E-state index in [-0.39, 0.29) is 5.91 Å². The molecule has 11 heavy (non-hydrogen) atoms. The standard InChI is InChI=1S/C6H13BrNO2P/c1-8(6(9)4-7)5-11(2,3)10/h4-5H2,1-3H3. The molecule has 0 spiro atoms. The van der Waals surface area contributed by atoms with Crippen LogP contribution in [0.2, 0.25) is 0 Å². The van der Waals surface area contributed by atoms with E-state index in [0.29, 0.717) is 11.6 Å². The summed E-state index contributed by atoms with van der Waals surface area (Å²) in [6, 6.07) is 0. The van der Waals surface area contributed by atoms with Crippen LogP contribution in [0.25, 0.3) is 0 Å². The van der Waals surface area contributed by atoms with Gasteiger partial charge in [-0.2, -0.15) is 0 Å². The number of carbonyl (C=O) groups excluding carboxylic acids is 1. The highest BCUT2D eigenvalue weighted by atomic mass is 79.9. The third kappa shape index (κ3) is 5.45. The number of amides is 1. The van der Waals surface area contributed by atoms with Gasteiger partial charge in [0.15, 0.2) is 0 Å². The molecule has 0 aromatic rings. The van der Waals surface area contributed by atoms with E-state index >= 15 is 0 Å². The lowest BCUT2D eigenvalue weighted by molar-refractivity contribution is -0.126. The molecule has 0 aromatic carbocycles. The first-order valence-corrected chi connectivity index (χ1v) is 7.11. The summed E-state index contributed by atoms with van der Waals surface area (Å²) in [6.45, 7) is 3.34. The average molecular weight is 242 g/mol. The van der Waals surface area contributed by atoms with Crippen LogP contribution < -0.4 is 0 Å². The van der Waals surface area contributed by atoms with Crippen molar-refractivity contribution in [3.05, 3.63) is 0 Å². The van der Waals surface area contributed by atoms with E-state index in [9.17, 15) is 9.36 Å². The fourth-order valence-electron chi connectivity index (χ4n) is 0.692. The van der Waals surface area contributed by atoms with Crippen molar-refractivity contribution >= 4 is 29.0 Å². The lowest BCUT2D eigenvalue weighted by atomic mass is 10.6. The van der Waals surface area contributed by atoms with Crippen molar-refractivity contribution in [3.63, 3.8) is 0 Å². The minimum absolute atomic E-state index is 0.0334. The number of rotatable bonds is 3. The van der Waals surface area contributed by atoms with Gasteiger partial charge in [-0.05, 0) is 13.3 Å². The smallest absolute Gasteiger partial charge is 0.233 e. The Kier molecular flexibility index (Phi) is 4.34. The fourth-order valence-corrected chi connectivity index (χ4v) is 2.30. The maximum Gasteiger partial charge on any atom is 0.233 e. The maximum absolute atomic E-state index is 11.2. The first-order valence-electron chi connectivity index (χ1n) is 3.21. The van der Waals surface area contributed by atoms with E-state index in [1.54, 1.807) is 20.4 Å². The Labute approximate surface area is 75.6 Å². The molecule has 0 aromatic heterocycles. The van der Waals surface area contributed by atoms with Crippen LogP contribution in [-0.2, 0) is 9.36 Å². The molecule has 5 heteroatoms. The van der Waals surface area contributed by atoms with Crippen molar-refractivity contribution in [2.75, 3.05) is 32.0 Å². The lowest BCUT2D eigenvalue weighted by Crippen LogP contribution is -2.28. The van der Waals surface area contributed by atoms with Gasteiger partial charge in [-0.15, -0.1) is 0 Å². The minimum Gasteiger partial charge on any atom is -0.338 e. The predicted molar refractivity (Wildman–Crippen MR) is 50.9 cm³/mol. The van der Waals surface area contributed by atoms with E-state index in [0.717, 1.165) is 0 Å². The van der Waals surface area contributed by atoms with Crippen LogP contribution in [0.5, 0.6) is 0 Å². The Morgan fingerprint density at radius 3 is 2.27 bits per heavy atom. The molecule has 0 saturated carbocycles. The van der Waals surface area contributed by atoms with E-state index in [1.807, 2.05) is 0 Å². The van der Waals surface area contributed by atoms with Gasteiger partial charge in [-0.3, -0.25) is 4.79 Å². The van der Waals surface area contributed by atoms with Crippen molar-refractivity contribution in [1.29, 1.82) is 0 Å². The number of halogens is 1. The maximum atomic E-state index is 11.2. The zero-order valence-electron chi connectivity index (χ0n) is 7.00. The van der Waals surface area contributed by atoms with Gasteiger partial charge in [-0.25, -0.2) is 0 Å². The summed E-state index contributed by atoms with van der Waals surface area (Å²) in [5.41, 5.74) is 0. The predicted octanol–water partition coefficient (Wildman–Crippen LogP) is 1.42. The van der Waals surface area contributed by atoms with Gasteiger partial charge in [0, 0.05) is 7.05 Å². The molecule has 0 rings (SSSR count). The largest absolute Gasteiger partial charge is 0.338 e. The minimum atomic E-state index is -2.10. The lowest BCUT2D eigenvalue weighted by Gasteiger charge is -2.18. The average Bonchev–Trinajstić information content (AvgIpc) is 1.82. The summed E-state index contributed by atoms with van der Waals surface area (Å²) in [5, 5.41) is 0.295. The summed E-state index contributed by atoms with van der Waals surface area (Å²) >= 11 is 3.04. The van der Waals surface area contributed by atoms with Gasteiger partial charge in [0.25, 0.3) is 0 Å². The molecule has 0 aliphatic heterocycles. The van der Waals surface area contributed by atoms with Gasteiger partial charge in [0.1, 0.15) is 7.14 Å². The van der Waals surface area contributed by atoms with Crippen molar-refractivity contribution in [2.24, 2.45) is 0 Å². The number of alkyl halides is 1. The molecule has 0 fully saturated rings. The molecule has 0 saturated heterocycles. The Bertz CT molecular complexity index is 189. The number of hydrogen-bond donors (Lipinski definition) is 0. The van der Waals surface area contributed by atoms with Crippen LogP contribution in [0, 0.1) is 0 Å². The Balaban J connectivity index is 3.98. The molecule has 0 bridgehead atoms. The summed E-state index contributed by atoms with van der Waals surface area (Å²) < 4.78 is 11.2. The Morgan fingerprint density at radius 2 is 2.00 bits per heavy atom. The highest BCUT2D eigenvalue weighted by molar-refractivity contribution is 9.09. The SMILES string of the molecule is CN(CP(C)(C)=O)C(=O)CBr. The fraction of sp³-hybridized carbons (Fsp3) is 0.833. The normalized spacial score (nSPS) is 11.3. The van der Waals surface area contributed by atoms with E-state index in [2.05, 4.69) is 15.9 Å². The molecule has 0 N–H and O–H groups in total. The second-order valence-electron chi connectivity index (χ2n) is 2.94. The van der Waals surface area contributed by atoms with E-state index in [1.165, 1.54) is 4.90 Å². The molecular weight excluding hydrogens is 229 g/mol. The highest BCUT2D eigenvalue weighted by Gasteiger charge is 2.14. The second kappa shape index (κ2) is 4.27. The van der Waals surface area contributed by atoms with Crippen LogP contribution in [0.4, 0.5) is 0 Å². The molecule has 0 radical (unpaired) electrons. The molecule has 0 heterocycles. The van der Waals surface area contributed by atoms with E-state index in [4.69, 9.17) is 0 Å². The Morgan fingerprint density at radius 1 is 1.55 bits per heavy atom. The first-order chi connectivity index (χ1) is 4.87. The molecule has 0 atom stereocenters. The van der Waals surface area contributed by atoms with Crippen molar-refractivity contribution < 1.29 is 9.36 Å². The Hall–Kier alpha value is 0.180. The van der Waals surface area contributed by atoms with E-state index < -0.39 is 7.14 Å². The van der Waals surface area contributed by atoms with Crippen LogP contribution in [0.1, 0.15) is 0 Å². The first kappa shape index (κ1) is 11.2. The summed E-state index contributed by atoms with van der Waals surface area (Å²) in [7, 11) is -0.449. The monoisotopic (exact) mass is 241 g/mol. The zero-order chi connectivity index (χ0) is 9.07. The third-order valence-corrected chi connectivity index (χ3v) is 2.68. The van der Waals surface area contributed by atoms with Crippen LogP contribution in [-0.4, -0.2) is 42.8 Å². The summed E-state index contributed by atoms with van der Waals surface area (Å²) in [6.07, 6.45) is 0.359. The van der Waals surface area contributed by atoms with Crippen LogP contribution >= 0.6 is 23.1 Å². The van der Waals surface area contributed by atoms with Crippen LogP contribution in [0.15, 0.2) is 0 Å². The topological polar surface area (TPSA) is 37.4 Å². The van der Waals surface area contributed by atoms with Crippen LogP contribution in [0.3, 0.4) is 0 Å². The zero-order valence-corrected chi connectivity index (χ0v) is 9.48. The molecule has 0 unspecified atom stereocenters. The summed E-state index contributed by atoms with van der Waals surface area (Å²) in [5.74, 6) is -0.0334. The number of hydrogen-bond acceptors (Lipinski definition) is 2. The van der Waals surface area contributed by atoms with Crippen molar-refractivity contribution in [3.8, 4) is 0 Å². The molecule has 1 amide bonds. The quantitative estimate of drug-likeness (QED) is 0.554. The van der Waals surface area contributed by atoms with Gasteiger partial charge in [-0.1, -0.05) is 15.9 Å². The number of nitrogens with zero attached hydrogens (tertiary/aromatic N) is 1. The third-order valence-electron chi connectivity index (χ3n) is 1.09. The van der Waals surface area contributed by atoms with Gasteiger partial charge in [0.2, 0.25) is 5.91 Å². The number of carbonyl (C=O) groups is 1. The van der Waals surface area contributed by atoms with Crippen molar-refractivity contribution in [2.45, 2.75) is 0 Å². The molecular formula is C6H13BrNO2P. The highest BCUT2D eigenvalue weighted by Crippen LogP contribution is 2.35. The molecule has 3 nitrogen and oxygen atoms in total. The second-order valence-corrected chi connectivity index (χ2v) is 6.93.